The summed E-state index contributed by atoms with van der Waals surface area (Å²) < 4.78 is 8.02. The molecule has 21 heavy (non-hydrogen) atoms. The van der Waals surface area contributed by atoms with Gasteiger partial charge in [0.25, 0.3) is 0 Å². The molecule has 0 aliphatic carbocycles. The predicted octanol–water partition coefficient (Wildman–Crippen LogP) is 3.72. The molecule has 4 heteroatoms. The van der Waals surface area contributed by atoms with E-state index in [4.69, 9.17) is 10.2 Å². The number of hydrogen-bond donors (Lipinski definition) is 1. The Morgan fingerprint density at radius 1 is 1.14 bits per heavy atom. The lowest BCUT2D eigenvalue weighted by molar-refractivity contribution is 0.510. The molecule has 0 radical (unpaired) electrons. The lowest BCUT2D eigenvalue weighted by Gasteiger charge is -2.04. The Labute approximate surface area is 121 Å². The zero-order valence-corrected chi connectivity index (χ0v) is 11.7. The highest BCUT2D eigenvalue weighted by Gasteiger charge is 2.10. The SMILES string of the molecule is Cc1cc2ccccc2n1Cc1nc2cc(N)ccc2o1. The Morgan fingerprint density at radius 3 is 2.90 bits per heavy atom. The predicted molar refractivity (Wildman–Crippen MR) is 84.2 cm³/mol. The Hall–Kier alpha value is -2.75. The number of fused-ring (bicyclic) bond motifs is 2. The molecule has 0 atom stereocenters. The summed E-state index contributed by atoms with van der Waals surface area (Å²) in [6.07, 6.45) is 0. The van der Waals surface area contributed by atoms with E-state index in [2.05, 4.69) is 34.7 Å². The van der Waals surface area contributed by atoms with Crippen LogP contribution in [0.4, 0.5) is 5.69 Å². The van der Waals surface area contributed by atoms with Gasteiger partial charge in [0.2, 0.25) is 5.89 Å². The topological polar surface area (TPSA) is 57.0 Å². The van der Waals surface area contributed by atoms with Gasteiger partial charge in [0, 0.05) is 16.9 Å². The number of benzene rings is 2. The number of aromatic nitrogens is 2. The molecular formula is C17H15N3O. The highest BCUT2D eigenvalue weighted by Crippen LogP contribution is 2.23. The molecule has 2 aromatic carbocycles. The maximum absolute atomic E-state index is 5.81. The summed E-state index contributed by atoms with van der Waals surface area (Å²) in [6, 6.07) is 16.0. The van der Waals surface area contributed by atoms with Gasteiger partial charge in [-0.2, -0.15) is 0 Å². The third-order valence-electron chi connectivity index (χ3n) is 3.77. The van der Waals surface area contributed by atoms with Gasteiger partial charge in [-0.1, -0.05) is 18.2 Å². The Balaban J connectivity index is 1.80. The average molecular weight is 277 g/mol. The van der Waals surface area contributed by atoms with E-state index >= 15 is 0 Å². The molecule has 2 heterocycles. The zero-order valence-electron chi connectivity index (χ0n) is 11.7. The number of aryl methyl sites for hydroxylation is 1. The van der Waals surface area contributed by atoms with E-state index in [1.807, 2.05) is 30.3 Å². The minimum Gasteiger partial charge on any atom is -0.439 e. The van der Waals surface area contributed by atoms with Crippen LogP contribution < -0.4 is 5.73 Å². The molecule has 0 aliphatic rings. The normalized spacial score (nSPS) is 11.5. The number of hydrogen-bond acceptors (Lipinski definition) is 3. The van der Waals surface area contributed by atoms with Crippen molar-refractivity contribution in [2.45, 2.75) is 13.5 Å². The Morgan fingerprint density at radius 2 is 2.00 bits per heavy atom. The molecule has 0 saturated heterocycles. The van der Waals surface area contributed by atoms with Gasteiger partial charge in [-0.25, -0.2) is 4.98 Å². The minimum atomic E-state index is 0.619. The first kappa shape index (κ1) is 12.0. The van der Waals surface area contributed by atoms with Gasteiger partial charge < -0.3 is 14.7 Å². The zero-order chi connectivity index (χ0) is 14.4. The molecule has 0 spiro atoms. The molecule has 0 amide bonds. The van der Waals surface area contributed by atoms with Gasteiger partial charge in [-0.3, -0.25) is 0 Å². The molecule has 4 aromatic rings. The van der Waals surface area contributed by atoms with E-state index in [9.17, 15) is 0 Å². The van der Waals surface area contributed by atoms with E-state index < -0.39 is 0 Å². The fourth-order valence-corrected chi connectivity index (χ4v) is 2.75. The second-order valence-electron chi connectivity index (χ2n) is 5.27. The van der Waals surface area contributed by atoms with Gasteiger partial charge in [-0.05, 0) is 42.6 Å². The summed E-state index contributed by atoms with van der Waals surface area (Å²) >= 11 is 0. The molecule has 4 rings (SSSR count). The van der Waals surface area contributed by atoms with Crippen LogP contribution in [0.25, 0.3) is 22.0 Å². The van der Waals surface area contributed by atoms with Crippen molar-refractivity contribution in [3.63, 3.8) is 0 Å². The van der Waals surface area contributed by atoms with Crippen molar-refractivity contribution in [2.75, 3.05) is 5.73 Å². The lowest BCUT2D eigenvalue weighted by Crippen LogP contribution is -2.01. The van der Waals surface area contributed by atoms with Gasteiger partial charge in [-0.15, -0.1) is 0 Å². The average Bonchev–Trinajstić information content (AvgIpc) is 3.00. The van der Waals surface area contributed by atoms with Crippen LogP contribution in [0.3, 0.4) is 0 Å². The van der Waals surface area contributed by atoms with Crippen LogP contribution in [-0.4, -0.2) is 9.55 Å². The second-order valence-corrected chi connectivity index (χ2v) is 5.27. The Bertz CT molecular complexity index is 949. The van der Waals surface area contributed by atoms with Crippen LogP contribution in [0.1, 0.15) is 11.6 Å². The minimum absolute atomic E-state index is 0.619. The number of nitrogen functional groups attached to an aromatic ring is 1. The molecule has 4 nitrogen and oxygen atoms in total. The van der Waals surface area contributed by atoms with Crippen LogP contribution in [0.2, 0.25) is 0 Å². The van der Waals surface area contributed by atoms with E-state index in [-0.39, 0.29) is 0 Å². The highest BCUT2D eigenvalue weighted by molar-refractivity contribution is 5.81. The largest absolute Gasteiger partial charge is 0.439 e. The van der Waals surface area contributed by atoms with Crippen molar-refractivity contribution in [1.29, 1.82) is 0 Å². The first-order chi connectivity index (χ1) is 10.2. The van der Waals surface area contributed by atoms with Crippen LogP contribution in [-0.2, 0) is 6.54 Å². The maximum atomic E-state index is 5.81. The van der Waals surface area contributed by atoms with Crippen LogP contribution >= 0.6 is 0 Å². The van der Waals surface area contributed by atoms with Gasteiger partial charge in [0.1, 0.15) is 5.52 Å². The van der Waals surface area contributed by atoms with Crippen LogP contribution in [0, 0.1) is 6.92 Å². The van der Waals surface area contributed by atoms with E-state index in [0.717, 1.165) is 11.1 Å². The van der Waals surface area contributed by atoms with Crippen LogP contribution in [0.15, 0.2) is 52.9 Å². The van der Waals surface area contributed by atoms with Gasteiger partial charge >= 0.3 is 0 Å². The third-order valence-corrected chi connectivity index (χ3v) is 3.77. The van der Waals surface area contributed by atoms with Crippen molar-refractivity contribution in [1.82, 2.24) is 9.55 Å². The van der Waals surface area contributed by atoms with Gasteiger partial charge in [0.05, 0.1) is 6.54 Å². The summed E-state index contributed by atoms with van der Waals surface area (Å²) in [5, 5.41) is 1.23. The number of nitrogens with two attached hydrogens (primary N) is 1. The molecule has 0 fully saturated rings. The highest BCUT2D eigenvalue weighted by atomic mass is 16.3. The monoisotopic (exact) mass is 277 g/mol. The lowest BCUT2D eigenvalue weighted by atomic mass is 10.2. The van der Waals surface area contributed by atoms with Crippen LogP contribution in [0.5, 0.6) is 0 Å². The van der Waals surface area contributed by atoms with Crippen molar-refractivity contribution in [2.24, 2.45) is 0 Å². The van der Waals surface area contributed by atoms with Gasteiger partial charge in [0.15, 0.2) is 5.58 Å². The second kappa shape index (κ2) is 4.38. The number of oxazole rings is 1. The standard InChI is InChI=1S/C17H15N3O/c1-11-8-12-4-2-3-5-15(12)20(11)10-17-19-14-9-13(18)6-7-16(14)21-17/h2-9H,10,18H2,1H3. The quantitative estimate of drug-likeness (QED) is 0.568. The van der Waals surface area contributed by atoms with Crippen molar-refractivity contribution in [3.8, 4) is 0 Å². The molecule has 0 bridgehead atoms. The first-order valence-electron chi connectivity index (χ1n) is 6.90. The van der Waals surface area contributed by atoms with Crippen molar-refractivity contribution >= 4 is 27.7 Å². The molecule has 104 valence electrons. The van der Waals surface area contributed by atoms with E-state index in [1.165, 1.54) is 16.6 Å². The van der Waals surface area contributed by atoms with Crippen molar-refractivity contribution in [3.05, 3.63) is 60.1 Å². The third kappa shape index (κ3) is 1.96. The molecular weight excluding hydrogens is 262 g/mol. The molecule has 0 saturated carbocycles. The summed E-state index contributed by atoms with van der Waals surface area (Å²) in [7, 11) is 0. The summed E-state index contributed by atoms with van der Waals surface area (Å²) in [5.74, 6) is 0.694. The number of anilines is 1. The molecule has 0 unspecified atom stereocenters. The summed E-state index contributed by atoms with van der Waals surface area (Å²) in [6.45, 7) is 2.72. The first-order valence-corrected chi connectivity index (χ1v) is 6.90. The summed E-state index contributed by atoms with van der Waals surface area (Å²) in [5.41, 5.74) is 10.4. The molecule has 0 aliphatic heterocycles. The molecule has 2 N–H and O–H groups in total. The van der Waals surface area contributed by atoms with Crippen molar-refractivity contribution < 1.29 is 4.42 Å². The fourth-order valence-electron chi connectivity index (χ4n) is 2.75. The number of para-hydroxylation sites is 1. The smallest absolute Gasteiger partial charge is 0.215 e. The maximum Gasteiger partial charge on any atom is 0.215 e. The number of nitrogens with zero attached hydrogens (tertiary/aromatic N) is 2. The Kier molecular flexibility index (Phi) is 2.51. The number of rotatable bonds is 2. The molecule has 2 aromatic heterocycles. The van der Waals surface area contributed by atoms with E-state index in [1.54, 1.807) is 0 Å². The fraction of sp³-hybridized carbons (Fsp3) is 0.118. The van der Waals surface area contributed by atoms with E-state index in [0.29, 0.717) is 18.1 Å². The summed E-state index contributed by atoms with van der Waals surface area (Å²) in [4.78, 5) is 4.53.